The van der Waals surface area contributed by atoms with Gasteiger partial charge in [-0.1, -0.05) is 26.0 Å². The molecule has 0 bridgehead atoms. The number of pyridine rings is 1. The molecular formula is C27H32FN3O3. The van der Waals surface area contributed by atoms with Gasteiger partial charge in [-0.25, -0.2) is 4.39 Å². The summed E-state index contributed by atoms with van der Waals surface area (Å²) in [5.41, 5.74) is 2.76. The number of benzene rings is 2. The van der Waals surface area contributed by atoms with Crippen molar-refractivity contribution in [3.63, 3.8) is 0 Å². The van der Waals surface area contributed by atoms with Gasteiger partial charge in [0.1, 0.15) is 17.7 Å². The zero-order chi connectivity index (χ0) is 24.1. The van der Waals surface area contributed by atoms with Crippen LogP contribution >= 0.6 is 0 Å². The Morgan fingerprint density at radius 1 is 1.26 bits per heavy atom. The number of carbonyl (C=O) groups is 1. The van der Waals surface area contributed by atoms with Crippen molar-refractivity contribution in [3.8, 4) is 5.75 Å². The number of carbonyl (C=O) groups excluding carboxylic acids is 1. The number of morpholine rings is 1. The van der Waals surface area contributed by atoms with Gasteiger partial charge in [-0.3, -0.25) is 14.7 Å². The smallest absolute Gasteiger partial charge is 0.253 e. The summed E-state index contributed by atoms with van der Waals surface area (Å²) in [5.74, 6) is 0.645. The van der Waals surface area contributed by atoms with E-state index in [1.165, 1.54) is 12.1 Å². The average molecular weight is 466 g/mol. The Morgan fingerprint density at radius 3 is 2.91 bits per heavy atom. The Balaban J connectivity index is 1.47. The van der Waals surface area contributed by atoms with Gasteiger partial charge in [-0.2, -0.15) is 0 Å². The second-order valence-electron chi connectivity index (χ2n) is 9.19. The first-order chi connectivity index (χ1) is 16.4. The van der Waals surface area contributed by atoms with Gasteiger partial charge in [-0.15, -0.1) is 0 Å². The third kappa shape index (κ3) is 5.90. The standard InChI is InChI=1S/C27H32FN3O3/c1-19(2)15-31(16-20-6-8-24-21(13-20)5-4-10-29-24)27(32)26-18-30(11-12-34-26)17-22-14-23(28)7-9-25(22)33-3/h4-10,13-14,19,26H,11-12,15-18H2,1-3H3/t26-/m1/s1. The summed E-state index contributed by atoms with van der Waals surface area (Å²) in [4.78, 5) is 21.9. The lowest BCUT2D eigenvalue weighted by Gasteiger charge is -2.35. The van der Waals surface area contributed by atoms with Crippen LogP contribution in [0, 0.1) is 11.7 Å². The number of hydrogen-bond donors (Lipinski definition) is 0. The molecule has 0 N–H and O–H groups in total. The Bertz CT molecular complexity index is 1140. The number of hydrogen-bond acceptors (Lipinski definition) is 5. The van der Waals surface area contributed by atoms with Crippen LogP contribution in [0.15, 0.2) is 54.7 Å². The van der Waals surface area contributed by atoms with Crippen LogP contribution in [0.1, 0.15) is 25.0 Å². The van der Waals surface area contributed by atoms with E-state index in [-0.39, 0.29) is 11.7 Å². The summed E-state index contributed by atoms with van der Waals surface area (Å²) in [6, 6.07) is 14.6. The molecule has 0 saturated carbocycles. The van der Waals surface area contributed by atoms with E-state index in [0.717, 1.165) is 22.0 Å². The molecule has 2 aromatic carbocycles. The fourth-order valence-corrected chi connectivity index (χ4v) is 4.43. The number of methoxy groups -OCH3 is 1. The maximum absolute atomic E-state index is 13.8. The number of ether oxygens (including phenoxy) is 2. The Morgan fingerprint density at radius 2 is 2.12 bits per heavy atom. The van der Waals surface area contributed by atoms with Crippen LogP contribution in [-0.4, -0.2) is 60.1 Å². The van der Waals surface area contributed by atoms with Crippen LogP contribution in [0.4, 0.5) is 4.39 Å². The van der Waals surface area contributed by atoms with E-state index in [1.54, 1.807) is 19.4 Å². The maximum atomic E-state index is 13.8. The first kappa shape index (κ1) is 24.1. The fraction of sp³-hybridized carbons (Fsp3) is 0.407. The molecule has 1 atom stereocenters. The number of amides is 1. The van der Waals surface area contributed by atoms with Crippen LogP contribution in [0.3, 0.4) is 0 Å². The van der Waals surface area contributed by atoms with E-state index in [2.05, 4.69) is 29.8 Å². The third-order valence-corrected chi connectivity index (χ3v) is 6.00. The van der Waals surface area contributed by atoms with Crippen molar-refractivity contribution in [2.24, 2.45) is 5.92 Å². The average Bonchev–Trinajstić information content (AvgIpc) is 2.83. The Kier molecular flexibility index (Phi) is 7.75. The maximum Gasteiger partial charge on any atom is 0.253 e. The Hall–Kier alpha value is -3.03. The van der Waals surface area contributed by atoms with Gasteiger partial charge in [0.25, 0.3) is 5.91 Å². The van der Waals surface area contributed by atoms with Crippen molar-refractivity contribution in [2.75, 3.05) is 33.4 Å². The molecule has 2 heterocycles. The van der Waals surface area contributed by atoms with Gasteiger partial charge in [0, 0.05) is 49.9 Å². The van der Waals surface area contributed by atoms with Crippen molar-refractivity contribution in [2.45, 2.75) is 33.0 Å². The zero-order valence-electron chi connectivity index (χ0n) is 20.0. The molecule has 1 saturated heterocycles. The molecule has 0 spiro atoms. The highest BCUT2D eigenvalue weighted by Crippen LogP contribution is 2.23. The molecule has 34 heavy (non-hydrogen) atoms. The van der Waals surface area contributed by atoms with Crippen molar-refractivity contribution >= 4 is 16.8 Å². The molecular weight excluding hydrogens is 433 g/mol. The predicted molar refractivity (Wildman–Crippen MR) is 130 cm³/mol. The molecule has 0 aliphatic carbocycles. The number of halogens is 1. The van der Waals surface area contributed by atoms with E-state index in [0.29, 0.717) is 51.0 Å². The van der Waals surface area contributed by atoms with E-state index < -0.39 is 6.10 Å². The SMILES string of the molecule is COc1ccc(F)cc1CN1CCO[C@@H](C(=O)N(Cc2ccc3ncccc3c2)CC(C)C)C1. The highest BCUT2D eigenvalue weighted by atomic mass is 19.1. The molecule has 3 aromatic rings. The monoisotopic (exact) mass is 465 g/mol. The van der Waals surface area contributed by atoms with Gasteiger partial charge in [0.15, 0.2) is 0 Å². The van der Waals surface area contributed by atoms with Gasteiger partial charge >= 0.3 is 0 Å². The van der Waals surface area contributed by atoms with Gasteiger partial charge in [0.2, 0.25) is 0 Å². The molecule has 0 radical (unpaired) electrons. The molecule has 4 rings (SSSR count). The van der Waals surface area contributed by atoms with Crippen LogP contribution in [-0.2, 0) is 22.6 Å². The quantitative estimate of drug-likeness (QED) is 0.497. The lowest BCUT2D eigenvalue weighted by atomic mass is 10.1. The van der Waals surface area contributed by atoms with Crippen molar-refractivity contribution in [3.05, 3.63) is 71.7 Å². The van der Waals surface area contributed by atoms with Crippen LogP contribution in [0.5, 0.6) is 5.75 Å². The molecule has 6 nitrogen and oxygen atoms in total. The molecule has 1 fully saturated rings. The normalized spacial score (nSPS) is 16.7. The molecule has 1 amide bonds. The predicted octanol–water partition coefficient (Wildman–Crippen LogP) is 4.27. The largest absolute Gasteiger partial charge is 0.496 e. The molecule has 0 unspecified atom stereocenters. The van der Waals surface area contributed by atoms with E-state index >= 15 is 0 Å². The summed E-state index contributed by atoms with van der Waals surface area (Å²) in [7, 11) is 1.58. The number of aromatic nitrogens is 1. The lowest BCUT2D eigenvalue weighted by molar-refractivity contribution is -0.151. The summed E-state index contributed by atoms with van der Waals surface area (Å²) in [6.45, 7) is 7.44. The zero-order valence-corrected chi connectivity index (χ0v) is 20.0. The van der Waals surface area contributed by atoms with E-state index in [4.69, 9.17) is 9.47 Å². The summed E-state index contributed by atoms with van der Waals surface area (Å²) in [5, 5.41) is 1.06. The minimum Gasteiger partial charge on any atom is -0.496 e. The van der Waals surface area contributed by atoms with Crippen molar-refractivity contribution < 1.29 is 18.7 Å². The van der Waals surface area contributed by atoms with Gasteiger partial charge < -0.3 is 14.4 Å². The minimum atomic E-state index is -0.561. The molecule has 1 aromatic heterocycles. The minimum absolute atomic E-state index is 0.0177. The molecule has 1 aliphatic rings. The van der Waals surface area contributed by atoms with Gasteiger partial charge in [0.05, 0.1) is 19.2 Å². The second kappa shape index (κ2) is 10.9. The third-order valence-electron chi connectivity index (χ3n) is 6.00. The highest BCUT2D eigenvalue weighted by Gasteiger charge is 2.31. The van der Waals surface area contributed by atoms with E-state index in [1.807, 2.05) is 29.2 Å². The summed E-state index contributed by atoms with van der Waals surface area (Å²) >= 11 is 0. The Labute approximate surface area is 200 Å². The van der Waals surface area contributed by atoms with Crippen molar-refractivity contribution in [1.82, 2.24) is 14.8 Å². The number of nitrogens with zero attached hydrogens (tertiary/aromatic N) is 3. The molecule has 7 heteroatoms. The first-order valence-corrected chi connectivity index (χ1v) is 11.7. The van der Waals surface area contributed by atoms with Crippen LogP contribution < -0.4 is 4.74 Å². The topological polar surface area (TPSA) is 54.9 Å². The van der Waals surface area contributed by atoms with Crippen LogP contribution in [0.2, 0.25) is 0 Å². The van der Waals surface area contributed by atoms with Crippen molar-refractivity contribution in [1.29, 1.82) is 0 Å². The fourth-order valence-electron chi connectivity index (χ4n) is 4.43. The highest BCUT2D eigenvalue weighted by molar-refractivity contribution is 5.82. The first-order valence-electron chi connectivity index (χ1n) is 11.7. The van der Waals surface area contributed by atoms with E-state index in [9.17, 15) is 9.18 Å². The molecule has 1 aliphatic heterocycles. The summed E-state index contributed by atoms with van der Waals surface area (Å²) < 4.78 is 25.1. The number of rotatable bonds is 8. The van der Waals surface area contributed by atoms with Gasteiger partial charge in [-0.05, 0) is 47.9 Å². The lowest BCUT2D eigenvalue weighted by Crippen LogP contribution is -2.51. The second-order valence-corrected chi connectivity index (χ2v) is 9.19. The number of fused-ring (bicyclic) bond motifs is 1. The van der Waals surface area contributed by atoms with Crippen LogP contribution in [0.25, 0.3) is 10.9 Å². The summed E-state index contributed by atoms with van der Waals surface area (Å²) in [6.07, 6.45) is 1.22. The molecule has 180 valence electrons.